The van der Waals surface area contributed by atoms with Gasteiger partial charge >= 0.3 is 0 Å². The number of carbonyl (C=O) groups excluding carboxylic acids is 4. The molecule has 2 aliphatic rings. The molecule has 2 aliphatic heterocycles. The summed E-state index contributed by atoms with van der Waals surface area (Å²) >= 11 is 0. The van der Waals surface area contributed by atoms with E-state index in [1.54, 1.807) is 36.4 Å². The fourth-order valence-corrected chi connectivity index (χ4v) is 8.21. The van der Waals surface area contributed by atoms with Gasteiger partial charge in [0, 0.05) is 72.9 Å². The molecule has 8 rings (SSSR count). The Morgan fingerprint density at radius 1 is 0.547 bits per heavy atom. The number of hydrogen-bond acceptors (Lipinski definition) is 8. The number of carbonyl (C=O) groups is 4. The van der Waals surface area contributed by atoms with Crippen LogP contribution in [-0.2, 0) is 14.1 Å². The third-order valence-corrected chi connectivity index (χ3v) is 10.6. The Morgan fingerprint density at radius 2 is 0.943 bits per heavy atom. The van der Waals surface area contributed by atoms with Crippen LogP contribution in [0.1, 0.15) is 59.0 Å². The molecule has 4 heterocycles. The predicted molar refractivity (Wildman–Crippen MR) is 215 cm³/mol. The Labute approximate surface area is 325 Å². The molecule has 0 spiro atoms. The zero-order valence-electron chi connectivity index (χ0n) is 29.7. The summed E-state index contributed by atoms with van der Waals surface area (Å²) in [6.07, 6.45) is 0.763. The van der Waals surface area contributed by atoms with Crippen LogP contribution < -0.4 is 10.6 Å². The van der Waals surface area contributed by atoms with Crippen molar-refractivity contribution in [2.24, 2.45) is 14.1 Å². The highest BCUT2D eigenvalue weighted by atomic mass is 79.9. The third-order valence-electron chi connectivity index (χ3n) is 10.6. The SMILES string of the molecule is Br.Br.Cc1c2c(cc3c4cc(O)ccc4n(C)c13)C(=O)N(CCNCCCNCCN1C(=O)c3cc4c5cc(O)ccc5n(C)c4c(C)c3C1=O)C2=O. The number of fused-ring (bicyclic) bond motifs is 8. The Hall–Kier alpha value is -4.76. The lowest BCUT2D eigenvalue weighted by molar-refractivity contribution is 0.0640. The number of benzene rings is 4. The van der Waals surface area contributed by atoms with Gasteiger partial charge in [0.2, 0.25) is 0 Å². The predicted octanol–water partition coefficient (Wildman–Crippen LogP) is 5.62. The van der Waals surface area contributed by atoms with Gasteiger partial charge in [0.05, 0.1) is 33.3 Å². The number of phenolic OH excluding ortho intramolecular Hbond substituents is 2. The minimum atomic E-state index is -0.315. The van der Waals surface area contributed by atoms with Crippen molar-refractivity contribution in [1.82, 2.24) is 29.6 Å². The van der Waals surface area contributed by atoms with Gasteiger partial charge in [-0.25, -0.2) is 0 Å². The first-order valence-corrected chi connectivity index (χ1v) is 17.1. The molecule has 0 bridgehead atoms. The molecule has 0 atom stereocenters. The molecule has 4 amide bonds. The van der Waals surface area contributed by atoms with E-state index in [1.807, 2.05) is 49.2 Å². The maximum absolute atomic E-state index is 13.4. The van der Waals surface area contributed by atoms with Gasteiger partial charge < -0.3 is 30.0 Å². The van der Waals surface area contributed by atoms with Gasteiger partial charge in [0.15, 0.2) is 0 Å². The Bertz CT molecular complexity index is 2370. The fraction of sp³-hybridized carbons (Fsp3) is 0.282. The van der Waals surface area contributed by atoms with Crippen LogP contribution in [0.2, 0.25) is 0 Å². The summed E-state index contributed by atoms with van der Waals surface area (Å²) < 4.78 is 3.99. The van der Waals surface area contributed by atoms with E-state index in [0.29, 0.717) is 48.4 Å². The number of imide groups is 2. The molecule has 4 aromatic carbocycles. The van der Waals surface area contributed by atoms with E-state index in [2.05, 4.69) is 10.6 Å². The normalized spacial score (nSPS) is 13.9. The van der Waals surface area contributed by atoms with Crippen molar-refractivity contribution in [1.29, 1.82) is 0 Å². The molecule has 276 valence electrons. The van der Waals surface area contributed by atoms with Crippen molar-refractivity contribution < 1.29 is 29.4 Å². The zero-order valence-corrected chi connectivity index (χ0v) is 33.1. The average molecular weight is 849 g/mol. The highest BCUT2D eigenvalue weighted by Crippen LogP contribution is 2.39. The summed E-state index contributed by atoms with van der Waals surface area (Å²) in [5.74, 6) is -0.940. The number of aromatic hydroxyl groups is 2. The molecule has 0 saturated heterocycles. The Balaban J connectivity index is 0.00000240. The molecular formula is C39H40Br2N6O6. The number of aryl methyl sites for hydroxylation is 4. The quantitative estimate of drug-likeness (QED) is 0.103. The number of nitrogens with one attached hydrogen (secondary N) is 2. The lowest BCUT2D eigenvalue weighted by atomic mass is 9.99. The van der Waals surface area contributed by atoms with Crippen LogP contribution in [0.3, 0.4) is 0 Å². The van der Waals surface area contributed by atoms with Crippen molar-refractivity contribution in [2.45, 2.75) is 20.3 Å². The standard InChI is InChI=1S/C39H38N6O6.2BrH/c1-20-32-28(18-26-24-16-22(46)6-8-30(24)42(3)34(20)26)36(48)44(38(32)50)14-12-40-10-5-11-41-13-15-45-37(49)29-19-27-25-17-23(47)7-9-31(25)43(4)35(27)21(2)33(29)39(45)51;;/h6-9,16-19,40-41,46-47H,5,10-15H2,1-4H3;2*1H. The Morgan fingerprint density at radius 3 is 1.34 bits per heavy atom. The first-order chi connectivity index (χ1) is 24.5. The second-order valence-corrected chi connectivity index (χ2v) is 13.5. The number of hydrogen-bond donors (Lipinski definition) is 4. The van der Waals surface area contributed by atoms with Crippen molar-refractivity contribution >= 4 is 101 Å². The summed E-state index contributed by atoms with van der Waals surface area (Å²) in [6, 6.07) is 13.8. The minimum absolute atomic E-state index is 0. The zero-order chi connectivity index (χ0) is 35.9. The second kappa shape index (κ2) is 14.2. The van der Waals surface area contributed by atoms with Crippen molar-refractivity contribution in [3.8, 4) is 11.5 Å². The van der Waals surface area contributed by atoms with E-state index in [9.17, 15) is 29.4 Å². The van der Waals surface area contributed by atoms with Crippen LogP contribution >= 0.6 is 34.0 Å². The van der Waals surface area contributed by atoms with Gasteiger partial charge in [-0.15, -0.1) is 34.0 Å². The van der Waals surface area contributed by atoms with E-state index in [4.69, 9.17) is 0 Å². The average Bonchev–Trinajstić information content (AvgIpc) is 3.72. The van der Waals surface area contributed by atoms with Gasteiger partial charge in [-0.05, 0) is 93.0 Å². The van der Waals surface area contributed by atoms with Crippen LogP contribution in [-0.4, -0.2) is 92.0 Å². The van der Waals surface area contributed by atoms with Gasteiger partial charge in [0.25, 0.3) is 23.6 Å². The number of rotatable bonds is 10. The summed E-state index contributed by atoms with van der Waals surface area (Å²) in [6.45, 7) is 6.40. The van der Waals surface area contributed by atoms with Gasteiger partial charge in [-0.2, -0.15) is 0 Å². The van der Waals surface area contributed by atoms with Crippen molar-refractivity contribution in [3.05, 3.63) is 81.9 Å². The maximum atomic E-state index is 13.4. The van der Waals surface area contributed by atoms with Crippen LogP contribution in [0.4, 0.5) is 0 Å². The lowest BCUT2D eigenvalue weighted by Crippen LogP contribution is -2.38. The first-order valence-electron chi connectivity index (χ1n) is 17.1. The fourth-order valence-electron chi connectivity index (χ4n) is 8.21. The molecular weight excluding hydrogens is 808 g/mol. The molecule has 0 fully saturated rings. The first kappa shape index (κ1) is 38.0. The summed E-state index contributed by atoms with van der Waals surface area (Å²) in [4.78, 5) is 56.2. The number of aromatic nitrogens is 2. The van der Waals surface area contributed by atoms with E-state index in [-0.39, 0.29) is 82.2 Å². The summed E-state index contributed by atoms with van der Waals surface area (Å²) in [5, 5.41) is 30.1. The molecule has 0 aliphatic carbocycles. The Kier molecular flexibility index (Phi) is 10.2. The number of amides is 4. The number of halogens is 2. The molecule has 6 aromatic rings. The highest BCUT2D eigenvalue weighted by Gasteiger charge is 2.39. The van der Waals surface area contributed by atoms with E-state index in [0.717, 1.165) is 61.2 Å². The van der Waals surface area contributed by atoms with Crippen LogP contribution in [0, 0.1) is 13.8 Å². The minimum Gasteiger partial charge on any atom is -0.508 e. The molecule has 14 heteroatoms. The van der Waals surface area contributed by atoms with Crippen LogP contribution in [0.15, 0.2) is 48.5 Å². The monoisotopic (exact) mass is 846 g/mol. The molecule has 12 nitrogen and oxygen atoms in total. The molecule has 4 N–H and O–H groups in total. The molecule has 2 aromatic heterocycles. The van der Waals surface area contributed by atoms with Crippen molar-refractivity contribution in [2.75, 3.05) is 39.3 Å². The van der Waals surface area contributed by atoms with Gasteiger partial charge in [0.1, 0.15) is 11.5 Å². The highest BCUT2D eigenvalue weighted by molar-refractivity contribution is 8.93. The van der Waals surface area contributed by atoms with E-state index < -0.39 is 0 Å². The van der Waals surface area contributed by atoms with Crippen LogP contribution in [0.25, 0.3) is 43.6 Å². The number of phenols is 2. The summed E-state index contributed by atoms with van der Waals surface area (Å²) in [7, 11) is 3.84. The van der Waals surface area contributed by atoms with Crippen molar-refractivity contribution in [3.63, 3.8) is 0 Å². The van der Waals surface area contributed by atoms with Crippen LogP contribution in [0.5, 0.6) is 11.5 Å². The maximum Gasteiger partial charge on any atom is 0.261 e. The van der Waals surface area contributed by atoms with E-state index >= 15 is 0 Å². The molecule has 0 unspecified atom stereocenters. The smallest absolute Gasteiger partial charge is 0.261 e. The molecule has 0 radical (unpaired) electrons. The van der Waals surface area contributed by atoms with Gasteiger partial charge in [-0.1, -0.05) is 0 Å². The van der Waals surface area contributed by atoms with Gasteiger partial charge in [-0.3, -0.25) is 29.0 Å². The largest absolute Gasteiger partial charge is 0.508 e. The topological polar surface area (TPSA) is 149 Å². The lowest BCUT2D eigenvalue weighted by Gasteiger charge is -2.15. The summed E-state index contributed by atoms with van der Waals surface area (Å²) in [5.41, 5.74) is 6.70. The number of nitrogens with zero attached hydrogens (tertiary/aromatic N) is 4. The molecule has 0 saturated carbocycles. The molecule has 53 heavy (non-hydrogen) atoms. The third kappa shape index (κ3) is 5.79. The van der Waals surface area contributed by atoms with E-state index in [1.165, 1.54) is 9.80 Å². The second-order valence-electron chi connectivity index (χ2n) is 13.5.